The molecule has 116 valence electrons. The predicted octanol–water partition coefficient (Wildman–Crippen LogP) is 3.03. The molecule has 2 fully saturated rings. The molecular formula is C18H22N2O2. The van der Waals surface area contributed by atoms with Crippen LogP contribution < -0.4 is 0 Å². The molecule has 0 bridgehead atoms. The average Bonchev–Trinajstić information content (AvgIpc) is 2.95. The van der Waals surface area contributed by atoms with Gasteiger partial charge in [0.2, 0.25) is 0 Å². The number of carbonyl (C=O) groups is 1. The highest BCUT2D eigenvalue weighted by atomic mass is 16.3. The van der Waals surface area contributed by atoms with Crippen LogP contribution in [0.25, 0.3) is 10.9 Å². The highest BCUT2D eigenvalue weighted by Gasteiger charge is 2.29. The van der Waals surface area contributed by atoms with E-state index in [1.54, 1.807) is 4.90 Å². The summed E-state index contributed by atoms with van der Waals surface area (Å²) in [5, 5.41) is 10.5. The van der Waals surface area contributed by atoms with E-state index in [2.05, 4.69) is 11.1 Å². The molecule has 1 amide bonds. The summed E-state index contributed by atoms with van der Waals surface area (Å²) in [7, 11) is 0. The maximum atomic E-state index is 12.3. The van der Waals surface area contributed by atoms with E-state index in [9.17, 15) is 9.90 Å². The Labute approximate surface area is 130 Å². The maximum Gasteiger partial charge on any atom is 0.254 e. The van der Waals surface area contributed by atoms with Gasteiger partial charge in [-0.3, -0.25) is 4.79 Å². The minimum atomic E-state index is -0.351. The second kappa shape index (κ2) is 5.43. The smallest absolute Gasteiger partial charge is 0.254 e. The van der Waals surface area contributed by atoms with Crippen molar-refractivity contribution in [3.8, 4) is 0 Å². The molecule has 2 heterocycles. The summed E-state index contributed by atoms with van der Waals surface area (Å²) < 4.78 is 0. The maximum absolute atomic E-state index is 12.3. The molecule has 0 atom stereocenters. The molecule has 4 rings (SSSR count). The van der Waals surface area contributed by atoms with E-state index in [0.717, 1.165) is 5.52 Å². The van der Waals surface area contributed by atoms with Crippen molar-refractivity contribution in [3.63, 3.8) is 0 Å². The van der Waals surface area contributed by atoms with Gasteiger partial charge in [0.05, 0.1) is 6.10 Å². The fraction of sp³-hybridized carbons (Fsp3) is 0.500. The molecule has 1 saturated heterocycles. The van der Waals surface area contributed by atoms with Crippen LogP contribution in [0.4, 0.5) is 0 Å². The number of likely N-dealkylation sites (tertiary alicyclic amines) is 1. The number of nitrogens with one attached hydrogen (secondary N) is 1. The van der Waals surface area contributed by atoms with Gasteiger partial charge in [0.15, 0.2) is 0 Å². The number of β-amino-alcohol motifs (C(OH)–C–C–N with tert-alkyl or cyclic N) is 1. The second-order valence-corrected chi connectivity index (χ2v) is 6.73. The molecule has 1 aliphatic heterocycles. The molecule has 0 unspecified atom stereocenters. The van der Waals surface area contributed by atoms with Gasteiger partial charge >= 0.3 is 0 Å². The number of rotatable bonds is 2. The number of benzene rings is 1. The van der Waals surface area contributed by atoms with Gasteiger partial charge in [-0.25, -0.2) is 0 Å². The van der Waals surface area contributed by atoms with Crippen molar-refractivity contribution in [3.05, 3.63) is 35.5 Å². The quantitative estimate of drug-likeness (QED) is 0.895. The van der Waals surface area contributed by atoms with Crippen LogP contribution >= 0.6 is 0 Å². The highest BCUT2D eigenvalue weighted by Crippen LogP contribution is 2.33. The predicted molar refractivity (Wildman–Crippen MR) is 86.0 cm³/mol. The largest absolute Gasteiger partial charge is 0.389 e. The highest BCUT2D eigenvalue weighted by molar-refractivity contribution is 5.98. The number of H-pyrrole nitrogens is 1. The Kier molecular flexibility index (Phi) is 3.41. The van der Waals surface area contributed by atoms with Crippen LogP contribution in [-0.4, -0.2) is 40.1 Å². The number of aromatic nitrogens is 1. The van der Waals surface area contributed by atoms with Crippen LogP contribution in [0.3, 0.4) is 0 Å². The molecule has 1 aromatic heterocycles. The van der Waals surface area contributed by atoms with Crippen molar-refractivity contribution >= 4 is 16.8 Å². The van der Waals surface area contributed by atoms with E-state index in [4.69, 9.17) is 0 Å². The molecule has 2 aromatic rings. The summed E-state index contributed by atoms with van der Waals surface area (Å²) in [5.41, 5.74) is 3.07. The Morgan fingerprint density at radius 3 is 2.64 bits per heavy atom. The van der Waals surface area contributed by atoms with Gasteiger partial charge in [-0.15, -0.1) is 0 Å². The van der Waals surface area contributed by atoms with Gasteiger partial charge in [0, 0.05) is 29.9 Å². The number of hydrogen-bond donors (Lipinski definition) is 2. The molecular weight excluding hydrogens is 276 g/mol. The van der Waals surface area contributed by atoms with Crippen LogP contribution in [0.1, 0.15) is 54.1 Å². The number of hydrogen-bond acceptors (Lipinski definition) is 2. The van der Waals surface area contributed by atoms with E-state index in [0.29, 0.717) is 24.6 Å². The lowest BCUT2D eigenvalue weighted by atomic mass is 9.87. The lowest BCUT2D eigenvalue weighted by molar-refractivity contribution is 0.00590. The number of amides is 1. The van der Waals surface area contributed by atoms with Gasteiger partial charge < -0.3 is 15.0 Å². The van der Waals surface area contributed by atoms with Crippen LogP contribution in [0, 0.1) is 0 Å². The molecule has 2 aliphatic rings. The van der Waals surface area contributed by atoms with E-state index in [-0.39, 0.29) is 12.0 Å². The van der Waals surface area contributed by atoms with Gasteiger partial charge in [0.1, 0.15) is 0 Å². The summed E-state index contributed by atoms with van der Waals surface area (Å²) >= 11 is 0. The summed E-state index contributed by atoms with van der Waals surface area (Å²) in [6.45, 7) is 0.907. The van der Waals surface area contributed by atoms with Crippen LogP contribution in [-0.2, 0) is 0 Å². The molecule has 0 radical (unpaired) electrons. The van der Waals surface area contributed by atoms with Crippen LogP contribution in [0.15, 0.2) is 24.3 Å². The third-order valence-electron chi connectivity index (χ3n) is 5.08. The zero-order valence-corrected chi connectivity index (χ0v) is 12.7. The normalized spacial score (nSPS) is 20.3. The molecule has 4 heteroatoms. The summed E-state index contributed by atoms with van der Waals surface area (Å²) in [6, 6.07) is 8.12. The molecule has 0 spiro atoms. The number of nitrogens with zero attached hydrogens (tertiary/aromatic N) is 1. The zero-order chi connectivity index (χ0) is 15.1. The molecule has 1 saturated carbocycles. The first kappa shape index (κ1) is 13.8. The fourth-order valence-corrected chi connectivity index (χ4v) is 3.72. The van der Waals surface area contributed by atoms with E-state index in [1.807, 2.05) is 18.2 Å². The minimum absolute atomic E-state index is 0.0148. The van der Waals surface area contributed by atoms with E-state index in [1.165, 1.54) is 43.2 Å². The minimum Gasteiger partial charge on any atom is -0.389 e. The number of aromatic amines is 1. The Bertz CT molecular complexity index is 694. The standard InChI is InChI=1S/C18H22N2O2/c21-15-10-20(11-15)18(22)14-7-6-13-8-16(19-17(13)9-14)12-4-2-1-3-5-12/h6-9,12,15,19,21H,1-5,10-11H2. The molecule has 22 heavy (non-hydrogen) atoms. The van der Waals surface area contributed by atoms with E-state index >= 15 is 0 Å². The first-order valence-electron chi connectivity index (χ1n) is 8.31. The fourth-order valence-electron chi connectivity index (χ4n) is 3.72. The second-order valence-electron chi connectivity index (χ2n) is 6.73. The Balaban J connectivity index is 1.59. The molecule has 1 aliphatic carbocycles. The molecule has 1 aromatic carbocycles. The number of aliphatic hydroxyl groups excluding tert-OH is 1. The van der Waals surface area contributed by atoms with Crippen molar-refractivity contribution in [2.75, 3.05) is 13.1 Å². The van der Waals surface area contributed by atoms with Crippen molar-refractivity contribution in [2.45, 2.75) is 44.1 Å². The zero-order valence-electron chi connectivity index (χ0n) is 12.7. The monoisotopic (exact) mass is 298 g/mol. The van der Waals surface area contributed by atoms with Gasteiger partial charge in [0.25, 0.3) is 5.91 Å². The molecule has 4 nitrogen and oxygen atoms in total. The van der Waals surface area contributed by atoms with Crippen molar-refractivity contribution in [1.29, 1.82) is 0 Å². The summed E-state index contributed by atoms with van der Waals surface area (Å²) in [6.07, 6.45) is 6.18. The Hall–Kier alpha value is -1.81. The van der Waals surface area contributed by atoms with Gasteiger partial charge in [-0.05, 0) is 42.3 Å². The Morgan fingerprint density at radius 1 is 1.14 bits per heavy atom. The first-order chi connectivity index (χ1) is 10.7. The van der Waals surface area contributed by atoms with Crippen molar-refractivity contribution < 1.29 is 9.90 Å². The van der Waals surface area contributed by atoms with Crippen molar-refractivity contribution in [2.24, 2.45) is 0 Å². The third-order valence-corrected chi connectivity index (χ3v) is 5.08. The van der Waals surface area contributed by atoms with Gasteiger partial charge in [-0.2, -0.15) is 0 Å². The van der Waals surface area contributed by atoms with Crippen LogP contribution in [0.2, 0.25) is 0 Å². The number of carbonyl (C=O) groups excluding carboxylic acids is 1. The van der Waals surface area contributed by atoms with Gasteiger partial charge in [-0.1, -0.05) is 25.3 Å². The lowest BCUT2D eigenvalue weighted by Gasteiger charge is -2.35. The lowest BCUT2D eigenvalue weighted by Crippen LogP contribution is -2.53. The molecule has 2 N–H and O–H groups in total. The summed E-state index contributed by atoms with van der Waals surface area (Å²) in [4.78, 5) is 17.5. The number of fused-ring (bicyclic) bond motifs is 1. The Morgan fingerprint density at radius 2 is 1.91 bits per heavy atom. The third kappa shape index (κ3) is 2.41. The van der Waals surface area contributed by atoms with Crippen LogP contribution in [0.5, 0.6) is 0 Å². The summed E-state index contributed by atoms with van der Waals surface area (Å²) in [5.74, 6) is 0.659. The van der Waals surface area contributed by atoms with E-state index < -0.39 is 0 Å². The number of aliphatic hydroxyl groups is 1. The first-order valence-corrected chi connectivity index (χ1v) is 8.31. The average molecular weight is 298 g/mol. The SMILES string of the molecule is O=C(c1ccc2cc(C3CCCCC3)[nH]c2c1)N1CC(O)C1. The topological polar surface area (TPSA) is 56.3 Å². The van der Waals surface area contributed by atoms with Crippen molar-refractivity contribution in [1.82, 2.24) is 9.88 Å².